The summed E-state index contributed by atoms with van der Waals surface area (Å²) >= 11 is 3.29. The number of benzene rings is 3. The molecule has 5 nitrogen and oxygen atoms in total. The first-order valence-corrected chi connectivity index (χ1v) is 11.3. The van der Waals surface area contributed by atoms with Crippen molar-refractivity contribution in [3.63, 3.8) is 0 Å². The number of aryl methyl sites for hydroxylation is 1. The third-order valence-electron chi connectivity index (χ3n) is 4.34. The van der Waals surface area contributed by atoms with Gasteiger partial charge in [-0.1, -0.05) is 64.0 Å². The fraction of sp³-hybridized carbons (Fsp3) is 0.136. The molecule has 0 aliphatic rings. The summed E-state index contributed by atoms with van der Waals surface area (Å²) in [4.78, 5) is 13.0. The normalized spacial score (nSPS) is 12.3. The van der Waals surface area contributed by atoms with Gasteiger partial charge in [-0.05, 0) is 55.3 Å². The average Bonchev–Trinajstić information content (AvgIpc) is 2.70. The molecule has 0 saturated heterocycles. The maximum Gasteiger partial charge on any atom is 0.242 e. The molecule has 0 aliphatic heterocycles. The summed E-state index contributed by atoms with van der Waals surface area (Å²) in [6, 6.07) is 22.0. The molecule has 0 bridgehead atoms. The number of anilines is 1. The topological polar surface area (TPSA) is 75.3 Å². The monoisotopic (exact) mass is 472 g/mol. The molecule has 1 amide bonds. The Morgan fingerprint density at radius 2 is 1.55 bits per heavy atom. The maximum absolute atomic E-state index is 12.9. The van der Waals surface area contributed by atoms with Gasteiger partial charge in [-0.2, -0.15) is 4.72 Å². The predicted molar refractivity (Wildman–Crippen MR) is 118 cm³/mol. The standard InChI is InChI=1S/C22H21BrN2O3S/c1-16-7-11-19(12-8-16)24-22(26)21(15-17-5-3-2-4-6-17)25-29(27,28)20-13-9-18(23)10-14-20/h2-14,21,25H,15H2,1H3,(H,24,26)/t21-/m1/s1. The minimum Gasteiger partial charge on any atom is -0.325 e. The van der Waals surface area contributed by atoms with Crippen LogP contribution in [0.15, 0.2) is 88.2 Å². The van der Waals surface area contributed by atoms with Crippen LogP contribution < -0.4 is 10.0 Å². The van der Waals surface area contributed by atoms with Crippen molar-refractivity contribution in [2.45, 2.75) is 24.3 Å². The highest BCUT2D eigenvalue weighted by Gasteiger charge is 2.26. The van der Waals surface area contributed by atoms with Gasteiger partial charge in [-0.25, -0.2) is 8.42 Å². The number of hydrogen-bond donors (Lipinski definition) is 2. The number of carbonyl (C=O) groups is 1. The van der Waals surface area contributed by atoms with E-state index < -0.39 is 22.0 Å². The van der Waals surface area contributed by atoms with Gasteiger partial charge in [-0.3, -0.25) is 4.79 Å². The van der Waals surface area contributed by atoms with Crippen LogP contribution in [0.1, 0.15) is 11.1 Å². The van der Waals surface area contributed by atoms with Crippen LogP contribution >= 0.6 is 15.9 Å². The quantitative estimate of drug-likeness (QED) is 0.538. The first kappa shape index (κ1) is 21.2. The lowest BCUT2D eigenvalue weighted by atomic mass is 10.1. The summed E-state index contributed by atoms with van der Waals surface area (Å²) in [7, 11) is -3.87. The van der Waals surface area contributed by atoms with E-state index in [1.807, 2.05) is 49.4 Å². The van der Waals surface area contributed by atoms with Crippen molar-refractivity contribution in [1.82, 2.24) is 4.72 Å². The number of hydrogen-bond acceptors (Lipinski definition) is 3. The Labute approximate surface area is 179 Å². The Balaban J connectivity index is 1.84. The summed E-state index contributed by atoms with van der Waals surface area (Å²) in [5, 5.41) is 2.80. The fourth-order valence-corrected chi connectivity index (χ4v) is 4.23. The second-order valence-corrected chi connectivity index (χ2v) is 9.30. The molecule has 3 aromatic rings. The Hall–Kier alpha value is -2.48. The van der Waals surface area contributed by atoms with Crippen molar-refractivity contribution in [2.24, 2.45) is 0 Å². The molecule has 0 aromatic heterocycles. The van der Waals surface area contributed by atoms with Crippen molar-refractivity contribution in [3.05, 3.63) is 94.5 Å². The molecule has 150 valence electrons. The van der Waals surface area contributed by atoms with Crippen LogP contribution in [-0.2, 0) is 21.2 Å². The van der Waals surface area contributed by atoms with Gasteiger partial charge in [0.25, 0.3) is 0 Å². The highest BCUT2D eigenvalue weighted by atomic mass is 79.9. The second-order valence-electron chi connectivity index (χ2n) is 6.67. The van der Waals surface area contributed by atoms with Crippen molar-refractivity contribution in [2.75, 3.05) is 5.32 Å². The number of halogens is 1. The van der Waals surface area contributed by atoms with E-state index in [9.17, 15) is 13.2 Å². The van der Waals surface area contributed by atoms with Gasteiger partial charge >= 0.3 is 0 Å². The third-order valence-corrected chi connectivity index (χ3v) is 6.36. The predicted octanol–water partition coefficient (Wildman–Crippen LogP) is 4.29. The SMILES string of the molecule is Cc1ccc(NC(=O)[C@@H](Cc2ccccc2)NS(=O)(=O)c2ccc(Br)cc2)cc1. The summed E-state index contributed by atoms with van der Waals surface area (Å²) in [5.74, 6) is -0.418. The van der Waals surface area contributed by atoms with Crippen LogP contribution in [0.3, 0.4) is 0 Å². The Morgan fingerprint density at radius 1 is 0.931 bits per heavy atom. The Bertz CT molecular complexity index is 1070. The zero-order chi connectivity index (χ0) is 20.9. The minimum atomic E-state index is -3.87. The number of nitrogens with one attached hydrogen (secondary N) is 2. The molecule has 3 rings (SSSR count). The molecule has 0 heterocycles. The van der Waals surface area contributed by atoms with E-state index in [4.69, 9.17) is 0 Å². The molecule has 3 aromatic carbocycles. The van der Waals surface area contributed by atoms with Crippen LogP contribution in [-0.4, -0.2) is 20.4 Å². The summed E-state index contributed by atoms with van der Waals surface area (Å²) < 4.78 is 29.0. The molecule has 2 N–H and O–H groups in total. The largest absolute Gasteiger partial charge is 0.325 e. The van der Waals surface area contributed by atoms with E-state index in [1.165, 1.54) is 12.1 Å². The Kier molecular flexibility index (Phi) is 6.84. The summed E-state index contributed by atoms with van der Waals surface area (Å²) in [5.41, 5.74) is 2.54. The molecule has 0 saturated carbocycles. The highest BCUT2D eigenvalue weighted by Crippen LogP contribution is 2.17. The van der Waals surface area contributed by atoms with Crippen LogP contribution in [0, 0.1) is 6.92 Å². The number of sulfonamides is 1. The molecule has 29 heavy (non-hydrogen) atoms. The molecular formula is C22H21BrN2O3S. The average molecular weight is 473 g/mol. The van der Waals surface area contributed by atoms with Gasteiger partial charge in [0.05, 0.1) is 4.90 Å². The van der Waals surface area contributed by atoms with E-state index >= 15 is 0 Å². The van der Waals surface area contributed by atoms with Gasteiger partial charge in [0, 0.05) is 10.2 Å². The Morgan fingerprint density at radius 3 is 2.17 bits per heavy atom. The first-order chi connectivity index (χ1) is 13.8. The molecule has 0 unspecified atom stereocenters. The van der Waals surface area contributed by atoms with Crippen LogP contribution in [0.5, 0.6) is 0 Å². The number of carbonyl (C=O) groups excluding carboxylic acids is 1. The van der Waals surface area contributed by atoms with Crippen molar-refractivity contribution >= 4 is 37.5 Å². The summed E-state index contributed by atoms with van der Waals surface area (Å²) in [6.07, 6.45) is 0.230. The molecular weight excluding hydrogens is 452 g/mol. The maximum atomic E-state index is 12.9. The minimum absolute atomic E-state index is 0.0990. The lowest BCUT2D eigenvalue weighted by molar-refractivity contribution is -0.117. The van der Waals surface area contributed by atoms with E-state index in [-0.39, 0.29) is 11.3 Å². The van der Waals surface area contributed by atoms with Gasteiger partial charge in [0.15, 0.2) is 0 Å². The summed E-state index contributed by atoms with van der Waals surface area (Å²) in [6.45, 7) is 1.95. The van der Waals surface area contributed by atoms with E-state index in [1.54, 1.807) is 24.3 Å². The van der Waals surface area contributed by atoms with Gasteiger partial charge < -0.3 is 5.32 Å². The van der Waals surface area contributed by atoms with Crippen molar-refractivity contribution in [1.29, 1.82) is 0 Å². The van der Waals surface area contributed by atoms with Crippen LogP contribution in [0.25, 0.3) is 0 Å². The zero-order valence-electron chi connectivity index (χ0n) is 15.8. The second kappa shape index (κ2) is 9.35. The van der Waals surface area contributed by atoms with Crippen LogP contribution in [0.2, 0.25) is 0 Å². The molecule has 0 aliphatic carbocycles. The molecule has 0 spiro atoms. The fourth-order valence-electron chi connectivity index (χ4n) is 2.77. The number of amides is 1. The molecule has 7 heteroatoms. The van der Waals surface area contributed by atoms with E-state index in [2.05, 4.69) is 26.0 Å². The molecule has 0 fully saturated rings. The first-order valence-electron chi connectivity index (χ1n) is 9.03. The smallest absolute Gasteiger partial charge is 0.242 e. The lowest BCUT2D eigenvalue weighted by Crippen LogP contribution is -2.45. The van der Waals surface area contributed by atoms with Gasteiger partial charge in [0.1, 0.15) is 6.04 Å². The third kappa shape index (κ3) is 6.00. The lowest BCUT2D eigenvalue weighted by Gasteiger charge is -2.19. The van der Waals surface area contributed by atoms with Crippen molar-refractivity contribution < 1.29 is 13.2 Å². The van der Waals surface area contributed by atoms with Gasteiger partial charge in [0.2, 0.25) is 15.9 Å². The number of rotatable bonds is 7. The molecule has 0 radical (unpaired) electrons. The van der Waals surface area contributed by atoms with Crippen molar-refractivity contribution in [3.8, 4) is 0 Å². The van der Waals surface area contributed by atoms with E-state index in [0.29, 0.717) is 5.69 Å². The zero-order valence-corrected chi connectivity index (χ0v) is 18.2. The van der Waals surface area contributed by atoms with Crippen LogP contribution in [0.4, 0.5) is 5.69 Å². The molecule has 1 atom stereocenters. The highest BCUT2D eigenvalue weighted by molar-refractivity contribution is 9.10. The van der Waals surface area contributed by atoms with Gasteiger partial charge in [-0.15, -0.1) is 0 Å². The van der Waals surface area contributed by atoms with E-state index in [0.717, 1.165) is 15.6 Å².